The van der Waals surface area contributed by atoms with E-state index in [-0.39, 0.29) is 0 Å². The SMILES string of the molecule is N#Cc1ccc2c3cc(-c4cccc(-c5ccc6c(c5)c(-c5ccccc5)nc5c7ccccc7c7ccccc7c65)c4)ccc3n(-c3ccccc3)c2c1. The maximum atomic E-state index is 9.74. The van der Waals surface area contributed by atoms with E-state index in [9.17, 15) is 5.26 Å². The number of aromatic nitrogens is 2. The fourth-order valence-electron chi connectivity index (χ4n) is 8.64. The van der Waals surface area contributed by atoms with Gasteiger partial charge in [-0.05, 0) is 92.3 Å². The van der Waals surface area contributed by atoms with Crippen LogP contribution in [-0.2, 0) is 0 Å². The molecule has 9 aromatic carbocycles. The van der Waals surface area contributed by atoms with Crippen molar-refractivity contribution in [3.05, 3.63) is 194 Å². The van der Waals surface area contributed by atoms with Gasteiger partial charge >= 0.3 is 0 Å². The minimum absolute atomic E-state index is 0.649. The highest BCUT2D eigenvalue weighted by atomic mass is 15.0. The maximum Gasteiger partial charge on any atom is 0.0992 e. The molecule has 0 amide bonds. The lowest BCUT2D eigenvalue weighted by Gasteiger charge is -2.16. The molecule has 0 unspecified atom stereocenters. The van der Waals surface area contributed by atoms with Crippen molar-refractivity contribution in [2.24, 2.45) is 0 Å². The number of fused-ring (bicyclic) bond motifs is 11. The first-order valence-electron chi connectivity index (χ1n) is 18.6. The van der Waals surface area contributed by atoms with Crippen LogP contribution in [-0.4, -0.2) is 9.55 Å². The molecule has 11 aromatic rings. The van der Waals surface area contributed by atoms with E-state index in [1.165, 1.54) is 32.3 Å². The summed E-state index contributed by atoms with van der Waals surface area (Å²) in [5.74, 6) is 0. The minimum Gasteiger partial charge on any atom is -0.309 e. The van der Waals surface area contributed by atoms with Gasteiger partial charge in [0.25, 0.3) is 0 Å². The van der Waals surface area contributed by atoms with Crippen molar-refractivity contribution in [2.75, 3.05) is 0 Å². The van der Waals surface area contributed by atoms with Crippen molar-refractivity contribution < 1.29 is 0 Å². The Hall–Kier alpha value is -7.54. The standard InChI is InChI=1S/C52H31N3/c53-32-33-22-25-42-46-30-38(24-27-48(46)55(49(42)28-33)39-16-5-2-6-17-39)36-15-11-14-35(29-36)37-23-26-44-47(31-37)51(34-12-3-1-4-13-34)54-52-45-21-10-8-19-41(45)40-18-7-9-20-43(40)50(44)52/h1-31H. The molecule has 254 valence electrons. The predicted octanol–water partition coefficient (Wildman–Crippen LogP) is 13.7. The predicted molar refractivity (Wildman–Crippen MR) is 230 cm³/mol. The van der Waals surface area contributed by atoms with Crippen molar-refractivity contribution in [1.29, 1.82) is 5.26 Å². The van der Waals surface area contributed by atoms with Gasteiger partial charge in [-0.15, -0.1) is 0 Å². The topological polar surface area (TPSA) is 41.6 Å². The van der Waals surface area contributed by atoms with Crippen LogP contribution in [0.4, 0.5) is 0 Å². The smallest absolute Gasteiger partial charge is 0.0992 e. The van der Waals surface area contributed by atoms with E-state index in [0.29, 0.717) is 5.56 Å². The van der Waals surface area contributed by atoms with Gasteiger partial charge in [-0.2, -0.15) is 5.26 Å². The number of nitriles is 1. The number of para-hydroxylation sites is 1. The van der Waals surface area contributed by atoms with Gasteiger partial charge in [-0.1, -0.05) is 140 Å². The van der Waals surface area contributed by atoms with E-state index in [1.54, 1.807) is 0 Å². The molecular weight excluding hydrogens is 667 g/mol. The second-order valence-corrected chi connectivity index (χ2v) is 14.2. The van der Waals surface area contributed by atoms with E-state index in [0.717, 1.165) is 71.9 Å². The van der Waals surface area contributed by atoms with Crippen molar-refractivity contribution in [3.63, 3.8) is 0 Å². The highest BCUT2D eigenvalue weighted by Crippen LogP contribution is 2.43. The third-order valence-corrected chi connectivity index (χ3v) is 11.2. The zero-order valence-corrected chi connectivity index (χ0v) is 29.7. The molecule has 0 bridgehead atoms. The van der Waals surface area contributed by atoms with Crippen LogP contribution in [0.3, 0.4) is 0 Å². The number of hydrogen-bond donors (Lipinski definition) is 0. The van der Waals surface area contributed by atoms with Crippen molar-refractivity contribution >= 4 is 65.0 Å². The summed E-state index contributed by atoms with van der Waals surface area (Å²) in [5.41, 5.74) is 11.5. The molecule has 0 aliphatic heterocycles. The molecule has 0 aliphatic carbocycles. The van der Waals surface area contributed by atoms with E-state index < -0.39 is 0 Å². The largest absolute Gasteiger partial charge is 0.309 e. The fourth-order valence-corrected chi connectivity index (χ4v) is 8.64. The van der Waals surface area contributed by atoms with E-state index in [1.807, 2.05) is 18.2 Å². The van der Waals surface area contributed by atoms with Crippen molar-refractivity contribution in [1.82, 2.24) is 9.55 Å². The van der Waals surface area contributed by atoms with Gasteiger partial charge in [-0.3, -0.25) is 0 Å². The number of rotatable bonds is 4. The summed E-state index contributed by atoms with van der Waals surface area (Å²) in [7, 11) is 0. The Morgan fingerprint density at radius 1 is 0.382 bits per heavy atom. The zero-order chi connectivity index (χ0) is 36.5. The first kappa shape index (κ1) is 31.0. The number of pyridine rings is 1. The summed E-state index contributed by atoms with van der Waals surface area (Å²) < 4.78 is 2.26. The molecule has 2 aromatic heterocycles. The average molecular weight is 698 g/mol. The van der Waals surface area contributed by atoms with Crippen LogP contribution >= 0.6 is 0 Å². The van der Waals surface area contributed by atoms with Crippen LogP contribution in [0.5, 0.6) is 0 Å². The van der Waals surface area contributed by atoms with Crippen LogP contribution in [0.2, 0.25) is 0 Å². The monoisotopic (exact) mass is 697 g/mol. The first-order chi connectivity index (χ1) is 27.2. The molecule has 3 heteroatoms. The van der Waals surface area contributed by atoms with Crippen LogP contribution in [0.25, 0.3) is 104 Å². The summed E-state index contributed by atoms with van der Waals surface area (Å²) in [4.78, 5) is 5.52. The third-order valence-electron chi connectivity index (χ3n) is 11.2. The Bertz CT molecular complexity index is 3370. The molecular formula is C52H31N3. The molecule has 0 saturated carbocycles. The first-order valence-corrected chi connectivity index (χ1v) is 18.6. The summed E-state index contributed by atoms with van der Waals surface area (Å²) in [5, 5.41) is 20.4. The maximum absolute atomic E-state index is 9.74. The lowest BCUT2D eigenvalue weighted by Crippen LogP contribution is -1.93. The van der Waals surface area contributed by atoms with Gasteiger partial charge in [0.15, 0.2) is 0 Å². The third kappa shape index (κ3) is 4.86. The van der Waals surface area contributed by atoms with Gasteiger partial charge in [-0.25, -0.2) is 4.98 Å². The highest BCUT2D eigenvalue weighted by molar-refractivity contribution is 6.31. The van der Waals surface area contributed by atoms with Crippen molar-refractivity contribution in [3.8, 4) is 45.3 Å². The van der Waals surface area contributed by atoms with Gasteiger partial charge in [0.2, 0.25) is 0 Å². The van der Waals surface area contributed by atoms with Gasteiger partial charge in [0.05, 0.1) is 33.9 Å². The van der Waals surface area contributed by atoms with E-state index >= 15 is 0 Å². The number of hydrogen-bond acceptors (Lipinski definition) is 2. The van der Waals surface area contributed by atoms with Crippen LogP contribution < -0.4 is 0 Å². The number of benzene rings is 9. The van der Waals surface area contributed by atoms with Crippen LogP contribution in [0, 0.1) is 11.3 Å². The Morgan fingerprint density at radius 3 is 1.69 bits per heavy atom. The van der Waals surface area contributed by atoms with Gasteiger partial charge < -0.3 is 4.57 Å². The molecule has 3 nitrogen and oxygen atoms in total. The molecule has 11 rings (SSSR count). The Kier molecular flexibility index (Phi) is 6.92. The van der Waals surface area contributed by atoms with Crippen molar-refractivity contribution in [2.45, 2.75) is 0 Å². The molecule has 0 spiro atoms. The van der Waals surface area contributed by atoms with E-state index in [2.05, 4.69) is 180 Å². The molecule has 0 fully saturated rings. The molecule has 0 saturated heterocycles. The Morgan fingerprint density at radius 2 is 0.945 bits per heavy atom. The average Bonchev–Trinajstić information content (AvgIpc) is 3.59. The van der Waals surface area contributed by atoms with Crippen LogP contribution in [0.1, 0.15) is 5.56 Å². The molecule has 0 atom stereocenters. The molecule has 2 heterocycles. The molecule has 55 heavy (non-hydrogen) atoms. The fraction of sp³-hybridized carbons (Fsp3) is 0. The summed E-state index contributed by atoms with van der Waals surface area (Å²) in [6.45, 7) is 0. The summed E-state index contributed by atoms with van der Waals surface area (Å²) in [6.07, 6.45) is 0. The highest BCUT2D eigenvalue weighted by Gasteiger charge is 2.18. The lowest BCUT2D eigenvalue weighted by molar-refractivity contribution is 1.18. The minimum atomic E-state index is 0.649. The molecule has 0 aliphatic rings. The normalized spacial score (nSPS) is 11.6. The van der Waals surface area contributed by atoms with Gasteiger partial charge in [0.1, 0.15) is 0 Å². The summed E-state index contributed by atoms with van der Waals surface area (Å²) >= 11 is 0. The van der Waals surface area contributed by atoms with E-state index in [4.69, 9.17) is 4.98 Å². The van der Waals surface area contributed by atoms with Crippen LogP contribution in [0.15, 0.2) is 188 Å². The second-order valence-electron chi connectivity index (χ2n) is 14.2. The number of nitrogens with zero attached hydrogens (tertiary/aromatic N) is 3. The second kappa shape index (κ2) is 12.3. The summed E-state index contributed by atoms with van der Waals surface area (Å²) in [6, 6.07) is 69.1. The lowest BCUT2D eigenvalue weighted by atomic mass is 9.90. The molecule has 0 radical (unpaired) electrons. The zero-order valence-electron chi connectivity index (χ0n) is 29.7. The Balaban J connectivity index is 1.11. The molecule has 0 N–H and O–H groups in total. The quantitative estimate of drug-likeness (QED) is 0.172. The Labute approximate surface area is 317 Å². The van der Waals surface area contributed by atoms with Gasteiger partial charge in [0, 0.05) is 38.2 Å².